The summed E-state index contributed by atoms with van der Waals surface area (Å²) in [4.78, 5) is 25.8. The first-order valence-corrected chi connectivity index (χ1v) is 10.2. The number of hydrogen-bond donors (Lipinski definition) is 2. The number of ether oxygens (including phenoxy) is 1. The fraction of sp³-hybridized carbons (Fsp3) is 0.417. The topological polar surface area (TPSA) is 75.6 Å². The molecule has 5 heteroatoms. The first kappa shape index (κ1) is 21.1. The SMILES string of the molecule is CCC(CNC(=O)C1(c2ccccc2C)CCOCC1)(C(=O)O)c1ccccc1. The number of carbonyl (C=O) groups is 2. The van der Waals surface area contributed by atoms with E-state index in [4.69, 9.17) is 4.74 Å². The molecule has 1 amide bonds. The average Bonchev–Trinajstić information content (AvgIpc) is 2.75. The number of hydrogen-bond acceptors (Lipinski definition) is 3. The molecule has 0 bridgehead atoms. The summed E-state index contributed by atoms with van der Waals surface area (Å²) in [5.74, 6) is -1.05. The number of amides is 1. The Kier molecular flexibility index (Phi) is 6.38. The second kappa shape index (κ2) is 8.78. The van der Waals surface area contributed by atoms with Gasteiger partial charge in [-0.05, 0) is 42.9 Å². The first-order chi connectivity index (χ1) is 14.0. The van der Waals surface area contributed by atoms with Crippen molar-refractivity contribution in [2.24, 2.45) is 0 Å². The van der Waals surface area contributed by atoms with Crippen molar-refractivity contribution in [1.82, 2.24) is 5.32 Å². The van der Waals surface area contributed by atoms with Gasteiger partial charge in [-0.3, -0.25) is 9.59 Å². The van der Waals surface area contributed by atoms with E-state index in [0.29, 0.717) is 38.0 Å². The monoisotopic (exact) mass is 395 g/mol. The van der Waals surface area contributed by atoms with Crippen LogP contribution in [0.3, 0.4) is 0 Å². The van der Waals surface area contributed by atoms with Gasteiger partial charge in [-0.1, -0.05) is 61.5 Å². The van der Waals surface area contributed by atoms with E-state index >= 15 is 0 Å². The summed E-state index contributed by atoms with van der Waals surface area (Å²) < 4.78 is 5.54. The molecule has 2 aromatic carbocycles. The summed E-state index contributed by atoms with van der Waals surface area (Å²) >= 11 is 0. The van der Waals surface area contributed by atoms with Crippen LogP contribution in [0.15, 0.2) is 54.6 Å². The molecule has 2 aromatic rings. The van der Waals surface area contributed by atoms with Gasteiger partial charge in [-0.2, -0.15) is 0 Å². The van der Waals surface area contributed by atoms with Gasteiger partial charge in [0.2, 0.25) is 5.91 Å². The number of rotatable bonds is 7. The number of benzene rings is 2. The number of aryl methyl sites for hydroxylation is 1. The van der Waals surface area contributed by atoms with Crippen molar-refractivity contribution in [3.8, 4) is 0 Å². The summed E-state index contributed by atoms with van der Waals surface area (Å²) in [5.41, 5.74) is 0.908. The molecule has 1 aliphatic heterocycles. The fourth-order valence-electron chi connectivity index (χ4n) is 4.39. The lowest BCUT2D eigenvalue weighted by atomic mass is 9.71. The average molecular weight is 395 g/mol. The zero-order valence-electron chi connectivity index (χ0n) is 17.1. The van der Waals surface area contributed by atoms with Gasteiger partial charge in [-0.25, -0.2) is 0 Å². The van der Waals surface area contributed by atoms with E-state index in [0.717, 1.165) is 11.1 Å². The zero-order chi connectivity index (χ0) is 20.9. The predicted molar refractivity (Wildman–Crippen MR) is 112 cm³/mol. The molecule has 0 aromatic heterocycles. The summed E-state index contributed by atoms with van der Waals surface area (Å²) in [6.07, 6.45) is 1.55. The Balaban J connectivity index is 1.92. The molecule has 154 valence electrons. The maximum atomic E-state index is 13.5. The Morgan fingerprint density at radius 3 is 2.28 bits per heavy atom. The van der Waals surface area contributed by atoms with Crippen molar-refractivity contribution in [3.63, 3.8) is 0 Å². The van der Waals surface area contributed by atoms with Crippen molar-refractivity contribution < 1.29 is 19.4 Å². The van der Waals surface area contributed by atoms with Gasteiger partial charge in [0.05, 0.1) is 5.41 Å². The molecule has 0 spiro atoms. The number of carboxylic acids is 1. The van der Waals surface area contributed by atoms with Gasteiger partial charge in [-0.15, -0.1) is 0 Å². The molecule has 1 heterocycles. The van der Waals surface area contributed by atoms with Gasteiger partial charge in [0.1, 0.15) is 5.41 Å². The van der Waals surface area contributed by atoms with Crippen molar-refractivity contribution >= 4 is 11.9 Å². The van der Waals surface area contributed by atoms with Crippen LogP contribution in [0, 0.1) is 6.92 Å². The van der Waals surface area contributed by atoms with Crippen LogP contribution in [0.25, 0.3) is 0 Å². The van der Waals surface area contributed by atoms with Crippen molar-refractivity contribution in [3.05, 3.63) is 71.3 Å². The van der Waals surface area contributed by atoms with E-state index < -0.39 is 16.8 Å². The second-order valence-electron chi connectivity index (χ2n) is 7.80. The Hall–Kier alpha value is -2.66. The van der Waals surface area contributed by atoms with Crippen LogP contribution >= 0.6 is 0 Å². The molecule has 0 saturated carbocycles. The predicted octanol–water partition coefficient (Wildman–Crippen LogP) is 3.59. The summed E-state index contributed by atoms with van der Waals surface area (Å²) in [6, 6.07) is 17.1. The van der Waals surface area contributed by atoms with Crippen molar-refractivity contribution in [2.75, 3.05) is 19.8 Å². The van der Waals surface area contributed by atoms with Crippen molar-refractivity contribution in [2.45, 2.75) is 43.9 Å². The quantitative estimate of drug-likeness (QED) is 0.751. The highest BCUT2D eigenvalue weighted by atomic mass is 16.5. The van der Waals surface area contributed by atoms with Crippen LogP contribution in [0.2, 0.25) is 0 Å². The molecule has 0 radical (unpaired) electrons. The number of carboxylic acid groups (broad SMARTS) is 1. The minimum atomic E-state index is -1.16. The smallest absolute Gasteiger partial charge is 0.315 e. The highest BCUT2D eigenvalue weighted by Gasteiger charge is 2.45. The van der Waals surface area contributed by atoms with E-state index in [9.17, 15) is 14.7 Å². The van der Waals surface area contributed by atoms with Crippen LogP contribution in [-0.4, -0.2) is 36.7 Å². The Bertz CT molecular complexity index is 858. The van der Waals surface area contributed by atoms with Gasteiger partial charge in [0, 0.05) is 19.8 Å². The minimum absolute atomic E-state index is 0.0518. The number of nitrogens with one attached hydrogen (secondary N) is 1. The molecule has 1 saturated heterocycles. The minimum Gasteiger partial charge on any atom is -0.481 e. The van der Waals surface area contributed by atoms with Crippen LogP contribution in [0.1, 0.15) is 42.9 Å². The van der Waals surface area contributed by atoms with E-state index in [-0.39, 0.29) is 12.5 Å². The Labute approximate surface area is 172 Å². The van der Waals surface area contributed by atoms with E-state index in [1.807, 2.05) is 68.4 Å². The normalized spacial score (nSPS) is 17.9. The molecule has 1 aliphatic rings. The maximum Gasteiger partial charge on any atom is 0.315 e. The Morgan fingerprint density at radius 1 is 1.07 bits per heavy atom. The molecule has 3 rings (SSSR count). The molecule has 2 N–H and O–H groups in total. The largest absolute Gasteiger partial charge is 0.481 e. The highest BCUT2D eigenvalue weighted by molar-refractivity contribution is 5.90. The summed E-state index contributed by atoms with van der Waals surface area (Å²) in [7, 11) is 0. The molecule has 0 aliphatic carbocycles. The van der Waals surface area contributed by atoms with E-state index in [1.165, 1.54) is 0 Å². The van der Waals surface area contributed by atoms with Gasteiger partial charge >= 0.3 is 5.97 Å². The summed E-state index contributed by atoms with van der Waals surface area (Å²) in [5, 5.41) is 13.1. The molecule has 1 atom stereocenters. The van der Waals surface area contributed by atoms with Gasteiger partial charge in [0.15, 0.2) is 0 Å². The number of carbonyl (C=O) groups excluding carboxylic acids is 1. The third-order valence-electron chi connectivity index (χ3n) is 6.33. The maximum absolute atomic E-state index is 13.5. The number of aliphatic carboxylic acids is 1. The Morgan fingerprint density at radius 2 is 1.69 bits per heavy atom. The highest BCUT2D eigenvalue weighted by Crippen LogP contribution is 2.37. The fourth-order valence-corrected chi connectivity index (χ4v) is 4.39. The lowest BCUT2D eigenvalue weighted by Crippen LogP contribution is -2.53. The molecular weight excluding hydrogens is 366 g/mol. The summed E-state index contributed by atoms with van der Waals surface area (Å²) in [6.45, 7) is 4.93. The molecule has 1 fully saturated rings. The van der Waals surface area contributed by atoms with Crippen LogP contribution in [0.5, 0.6) is 0 Å². The third-order valence-corrected chi connectivity index (χ3v) is 6.33. The first-order valence-electron chi connectivity index (χ1n) is 10.2. The van der Waals surface area contributed by atoms with Crippen molar-refractivity contribution in [1.29, 1.82) is 0 Å². The van der Waals surface area contributed by atoms with Crippen LogP contribution in [-0.2, 0) is 25.2 Å². The van der Waals surface area contributed by atoms with Gasteiger partial charge < -0.3 is 15.2 Å². The molecule has 1 unspecified atom stereocenters. The van der Waals surface area contributed by atoms with E-state index in [2.05, 4.69) is 5.32 Å². The lowest BCUT2D eigenvalue weighted by Gasteiger charge is -2.38. The second-order valence-corrected chi connectivity index (χ2v) is 7.80. The zero-order valence-corrected chi connectivity index (χ0v) is 17.1. The molecule has 5 nitrogen and oxygen atoms in total. The van der Waals surface area contributed by atoms with Crippen LogP contribution in [0.4, 0.5) is 0 Å². The lowest BCUT2D eigenvalue weighted by molar-refractivity contribution is -0.144. The van der Waals surface area contributed by atoms with Crippen LogP contribution < -0.4 is 5.32 Å². The van der Waals surface area contributed by atoms with Gasteiger partial charge in [0.25, 0.3) is 0 Å². The van der Waals surface area contributed by atoms with E-state index in [1.54, 1.807) is 0 Å². The molecular formula is C24H29NO4. The third kappa shape index (κ3) is 3.92. The molecule has 29 heavy (non-hydrogen) atoms. The standard InChI is InChI=1S/C24H29NO4/c1-3-23(22(27)28,19-10-5-4-6-11-19)17-25-21(26)24(13-15-29-16-14-24)20-12-8-7-9-18(20)2/h4-12H,3,13-17H2,1-2H3,(H,25,26)(H,27,28).